The van der Waals surface area contributed by atoms with Crippen LogP contribution in [0.3, 0.4) is 0 Å². The number of aromatic nitrogens is 4. The molecule has 4 atom stereocenters. The van der Waals surface area contributed by atoms with Gasteiger partial charge in [0.2, 0.25) is 0 Å². The van der Waals surface area contributed by atoms with Gasteiger partial charge in [-0.2, -0.15) is 0 Å². The number of alkyl halides is 1. The Balaban J connectivity index is 1.85. The molecule has 0 bridgehead atoms. The molecule has 1 aliphatic heterocycles. The quantitative estimate of drug-likeness (QED) is 0.808. The molecular weight excluding hydrogens is 320 g/mol. The predicted octanol–water partition coefficient (Wildman–Crippen LogP) is 1.10. The van der Waals surface area contributed by atoms with Gasteiger partial charge in [0.05, 0.1) is 12.4 Å². The normalized spacial score (nSPS) is 28.5. The molecule has 3 rings (SSSR count). The first-order chi connectivity index (χ1) is 10.8. The van der Waals surface area contributed by atoms with Gasteiger partial charge >= 0.3 is 0 Å². The Morgan fingerprint density at radius 2 is 2.17 bits per heavy atom. The van der Waals surface area contributed by atoms with Crippen molar-refractivity contribution in [2.75, 3.05) is 25.2 Å². The SMILES string of the molecule is C=P(C)(C)CC[C@H]1O[C@@H](n2cnc3c(N)ncnc32)[C@H](F)[C@@H]1O. The largest absolute Gasteiger partial charge is 0.387 e. The molecule has 0 spiro atoms. The van der Waals surface area contributed by atoms with E-state index < -0.39 is 31.5 Å². The van der Waals surface area contributed by atoms with Gasteiger partial charge in [-0.1, -0.05) is 0 Å². The number of fused-ring (bicyclic) bond motifs is 1. The van der Waals surface area contributed by atoms with Gasteiger partial charge in [-0.25, -0.2) is 19.3 Å². The number of nitrogens with zero attached hydrogens (tertiary/aromatic N) is 4. The molecule has 1 aliphatic rings. The fraction of sp³-hybridized carbons (Fsp3) is 0.571. The summed E-state index contributed by atoms with van der Waals surface area (Å²) < 4.78 is 21.8. The number of imidazole rings is 1. The summed E-state index contributed by atoms with van der Waals surface area (Å²) in [7, 11) is 0. The van der Waals surface area contributed by atoms with E-state index in [0.717, 1.165) is 6.16 Å². The van der Waals surface area contributed by atoms with Gasteiger partial charge in [0.15, 0.2) is 23.9 Å². The minimum Gasteiger partial charge on any atom is -0.387 e. The lowest BCUT2D eigenvalue weighted by Crippen LogP contribution is -2.29. The van der Waals surface area contributed by atoms with E-state index in [0.29, 0.717) is 17.6 Å². The van der Waals surface area contributed by atoms with Crippen LogP contribution in [0.25, 0.3) is 11.2 Å². The van der Waals surface area contributed by atoms with Crippen molar-refractivity contribution in [2.24, 2.45) is 0 Å². The predicted molar refractivity (Wildman–Crippen MR) is 89.9 cm³/mol. The minimum atomic E-state index is -1.56. The number of anilines is 1. The number of halogens is 1. The molecule has 7 nitrogen and oxygen atoms in total. The smallest absolute Gasteiger partial charge is 0.173 e. The summed E-state index contributed by atoms with van der Waals surface area (Å²) in [5.74, 6) is 0.225. The first-order valence-electron chi connectivity index (χ1n) is 7.36. The Bertz CT molecular complexity index is 761. The summed E-state index contributed by atoms with van der Waals surface area (Å²) in [6.45, 7) is 2.94. The van der Waals surface area contributed by atoms with Gasteiger partial charge in [0, 0.05) is 0 Å². The Morgan fingerprint density at radius 1 is 1.43 bits per heavy atom. The fourth-order valence-electron chi connectivity index (χ4n) is 2.70. The molecule has 0 amide bonds. The third-order valence-electron chi connectivity index (χ3n) is 3.97. The fourth-order valence-corrected chi connectivity index (χ4v) is 3.65. The maximum absolute atomic E-state index is 14.5. The molecule has 23 heavy (non-hydrogen) atoms. The first kappa shape index (κ1) is 16.4. The molecule has 2 aromatic heterocycles. The van der Waals surface area contributed by atoms with Crippen molar-refractivity contribution in [3.05, 3.63) is 12.7 Å². The maximum Gasteiger partial charge on any atom is 0.173 e. The highest BCUT2D eigenvalue weighted by Gasteiger charge is 2.45. The number of hydrogen-bond acceptors (Lipinski definition) is 6. The average molecular weight is 341 g/mol. The van der Waals surface area contributed by atoms with Gasteiger partial charge in [-0.05, 0) is 25.9 Å². The lowest BCUT2D eigenvalue weighted by atomic mass is 10.1. The monoisotopic (exact) mass is 341 g/mol. The van der Waals surface area contributed by atoms with Crippen LogP contribution in [0.4, 0.5) is 10.2 Å². The van der Waals surface area contributed by atoms with Crippen LogP contribution in [0.2, 0.25) is 0 Å². The van der Waals surface area contributed by atoms with Gasteiger partial charge in [0.25, 0.3) is 0 Å². The van der Waals surface area contributed by atoms with Crippen molar-refractivity contribution in [2.45, 2.75) is 31.0 Å². The highest BCUT2D eigenvalue weighted by atomic mass is 31.2. The number of aliphatic hydroxyl groups excluding tert-OH is 1. The Kier molecular flexibility index (Phi) is 4.16. The molecular formula is C14H21FN5O2P. The third kappa shape index (κ3) is 3.11. The van der Waals surface area contributed by atoms with Crippen LogP contribution in [-0.4, -0.2) is 68.8 Å². The zero-order chi connectivity index (χ0) is 16.8. The van der Waals surface area contributed by atoms with E-state index in [-0.39, 0.29) is 5.82 Å². The topological polar surface area (TPSA) is 99.1 Å². The van der Waals surface area contributed by atoms with E-state index in [1.807, 2.05) is 0 Å². The second kappa shape index (κ2) is 5.85. The van der Waals surface area contributed by atoms with Crippen LogP contribution in [0.1, 0.15) is 12.6 Å². The molecule has 0 radical (unpaired) electrons. The van der Waals surface area contributed by atoms with E-state index in [1.54, 1.807) is 0 Å². The van der Waals surface area contributed by atoms with Crippen LogP contribution < -0.4 is 5.73 Å². The van der Waals surface area contributed by atoms with Crippen LogP contribution in [0.5, 0.6) is 0 Å². The van der Waals surface area contributed by atoms with Crippen molar-refractivity contribution in [1.29, 1.82) is 0 Å². The summed E-state index contributed by atoms with van der Waals surface area (Å²) in [6, 6.07) is 0. The van der Waals surface area contributed by atoms with E-state index in [2.05, 4.69) is 34.6 Å². The molecule has 9 heteroatoms. The molecule has 3 heterocycles. The second-order valence-electron chi connectivity index (χ2n) is 6.53. The minimum absolute atomic E-state index is 0.225. The molecule has 0 aromatic carbocycles. The van der Waals surface area contributed by atoms with Crippen LogP contribution >= 0.6 is 6.89 Å². The summed E-state index contributed by atoms with van der Waals surface area (Å²) in [6.07, 6.45) is 3.97. The molecule has 0 unspecified atom stereocenters. The van der Waals surface area contributed by atoms with Crippen molar-refractivity contribution in [3.8, 4) is 0 Å². The molecule has 2 aromatic rings. The number of nitrogen functional groups attached to an aromatic ring is 1. The lowest BCUT2D eigenvalue weighted by molar-refractivity contribution is -0.0234. The molecule has 0 aliphatic carbocycles. The number of hydrogen-bond donors (Lipinski definition) is 2. The third-order valence-corrected chi connectivity index (χ3v) is 5.44. The average Bonchev–Trinajstić information content (AvgIpc) is 3.01. The van der Waals surface area contributed by atoms with E-state index in [9.17, 15) is 9.50 Å². The van der Waals surface area contributed by atoms with Crippen molar-refractivity contribution >= 4 is 30.2 Å². The number of ether oxygens (including phenoxy) is 1. The van der Waals surface area contributed by atoms with Crippen LogP contribution in [0, 0.1) is 0 Å². The summed E-state index contributed by atoms with van der Waals surface area (Å²) in [5.41, 5.74) is 6.53. The summed E-state index contributed by atoms with van der Waals surface area (Å²) in [5, 5.41) is 10.2. The molecule has 0 saturated carbocycles. The molecule has 1 saturated heterocycles. The standard InChI is InChI=1S/C14H21FN5O2P/c1-23(2,3)5-4-8-11(21)9(15)14(22-8)20-7-19-10-12(16)17-6-18-13(10)20/h6-9,11,14,21H,1,4-5H2,2-3H3,(H2,16,17,18)/t8-,9-,11-,14-/m1/s1. The molecule has 3 N–H and O–H groups in total. The van der Waals surface area contributed by atoms with Gasteiger partial charge in [0.1, 0.15) is 17.9 Å². The summed E-state index contributed by atoms with van der Waals surface area (Å²) in [4.78, 5) is 12.1. The van der Waals surface area contributed by atoms with E-state index in [1.165, 1.54) is 17.2 Å². The van der Waals surface area contributed by atoms with Crippen molar-refractivity contribution in [3.63, 3.8) is 0 Å². The van der Waals surface area contributed by atoms with E-state index >= 15 is 0 Å². The van der Waals surface area contributed by atoms with E-state index in [4.69, 9.17) is 10.5 Å². The maximum atomic E-state index is 14.5. The Hall–Kier alpha value is -1.50. The van der Waals surface area contributed by atoms with Crippen molar-refractivity contribution < 1.29 is 14.2 Å². The highest BCUT2D eigenvalue weighted by Crippen LogP contribution is 2.40. The number of rotatable bonds is 4. The zero-order valence-electron chi connectivity index (χ0n) is 13.1. The summed E-state index contributed by atoms with van der Waals surface area (Å²) >= 11 is 0. The van der Waals surface area contributed by atoms with Gasteiger partial charge < -0.3 is 15.6 Å². The number of nitrogens with two attached hydrogens (primary N) is 1. The first-order valence-corrected chi connectivity index (χ1v) is 10.4. The molecule has 126 valence electrons. The van der Waals surface area contributed by atoms with Crippen molar-refractivity contribution in [1.82, 2.24) is 19.5 Å². The molecule has 1 fully saturated rings. The second-order valence-corrected chi connectivity index (χ2v) is 10.8. The highest BCUT2D eigenvalue weighted by molar-refractivity contribution is 7.72. The lowest BCUT2D eigenvalue weighted by Gasteiger charge is -2.18. The van der Waals surface area contributed by atoms with Gasteiger partial charge in [-0.15, -0.1) is 13.2 Å². The Labute approximate surface area is 133 Å². The van der Waals surface area contributed by atoms with Gasteiger partial charge in [-0.3, -0.25) is 4.57 Å². The van der Waals surface area contributed by atoms with Crippen LogP contribution in [-0.2, 0) is 4.74 Å². The zero-order valence-corrected chi connectivity index (χ0v) is 14.0. The number of aliphatic hydroxyl groups is 1. The van der Waals surface area contributed by atoms with Crippen LogP contribution in [0.15, 0.2) is 12.7 Å². The Morgan fingerprint density at radius 3 is 2.87 bits per heavy atom.